The Labute approximate surface area is 140 Å². The monoisotopic (exact) mass is 314 g/mol. The molecule has 0 bridgehead atoms. The second-order valence-electron chi connectivity index (χ2n) is 5.70. The normalized spacial score (nSPS) is 14.2. The van der Waals surface area contributed by atoms with Crippen LogP contribution in [-0.4, -0.2) is 14.2 Å². The molecule has 2 aliphatic rings. The standard InChI is InChI=1S/C18H12B2O4/c1-2-9-16-15(8-1)21-19(22-16)13-6-5-7-14(12-13)20-23-17-10-3-4-11-18(17)24-20/h1-12H. The fourth-order valence-corrected chi connectivity index (χ4v) is 2.92. The lowest BCUT2D eigenvalue weighted by atomic mass is 9.72. The Bertz CT molecular complexity index is 794. The lowest BCUT2D eigenvalue weighted by Crippen LogP contribution is -2.45. The molecule has 0 N–H and O–H groups in total. The summed E-state index contributed by atoms with van der Waals surface area (Å²) in [5, 5.41) is 0. The van der Waals surface area contributed by atoms with Gasteiger partial charge in [-0.2, -0.15) is 0 Å². The van der Waals surface area contributed by atoms with Crippen molar-refractivity contribution in [3.05, 3.63) is 72.8 Å². The molecule has 0 unspecified atom stereocenters. The van der Waals surface area contributed by atoms with E-state index in [1.165, 1.54) is 0 Å². The van der Waals surface area contributed by atoms with Gasteiger partial charge < -0.3 is 18.6 Å². The Hall–Kier alpha value is -3.01. The summed E-state index contributed by atoms with van der Waals surface area (Å²) in [6.45, 7) is 0. The first kappa shape index (κ1) is 13.4. The molecule has 0 radical (unpaired) electrons. The van der Waals surface area contributed by atoms with Crippen LogP contribution in [0.15, 0.2) is 72.8 Å². The zero-order valence-corrected chi connectivity index (χ0v) is 12.7. The van der Waals surface area contributed by atoms with Gasteiger partial charge in [-0.15, -0.1) is 0 Å². The zero-order chi connectivity index (χ0) is 15.9. The average molecular weight is 314 g/mol. The summed E-state index contributed by atoms with van der Waals surface area (Å²) in [5.74, 6) is 3.03. The molecule has 3 aromatic rings. The van der Waals surface area contributed by atoms with Crippen LogP contribution in [0.25, 0.3) is 0 Å². The van der Waals surface area contributed by atoms with Crippen LogP contribution in [0.5, 0.6) is 23.0 Å². The molecule has 0 atom stereocenters. The Kier molecular flexibility index (Phi) is 2.95. The fourth-order valence-electron chi connectivity index (χ4n) is 2.92. The second-order valence-corrected chi connectivity index (χ2v) is 5.70. The van der Waals surface area contributed by atoms with Gasteiger partial charge in [-0.25, -0.2) is 0 Å². The molecule has 0 saturated carbocycles. The summed E-state index contributed by atoms with van der Waals surface area (Å²) in [6.07, 6.45) is 0. The summed E-state index contributed by atoms with van der Waals surface area (Å²) in [7, 11) is -0.905. The Balaban J connectivity index is 1.40. The highest BCUT2D eigenvalue weighted by molar-refractivity contribution is 6.67. The quantitative estimate of drug-likeness (QED) is 0.678. The number of hydrogen-bond acceptors (Lipinski definition) is 4. The van der Waals surface area contributed by atoms with Crippen molar-refractivity contribution in [1.29, 1.82) is 0 Å². The SMILES string of the molecule is c1cc(B2Oc3ccccc3O2)cc(B2Oc3ccccc3O2)c1. The third kappa shape index (κ3) is 2.19. The van der Waals surface area contributed by atoms with Crippen molar-refractivity contribution in [2.45, 2.75) is 0 Å². The maximum atomic E-state index is 5.87. The predicted molar refractivity (Wildman–Crippen MR) is 92.6 cm³/mol. The van der Waals surface area contributed by atoms with Gasteiger partial charge in [-0.1, -0.05) is 48.5 Å². The highest BCUT2D eigenvalue weighted by atomic mass is 16.6. The average Bonchev–Trinajstić information content (AvgIpc) is 3.26. The molecule has 6 heteroatoms. The largest absolute Gasteiger partial charge is 0.632 e. The van der Waals surface area contributed by atoms with Crippen LogP contribution in [0.2, 0.25) is 0 Å². The summed E-state index contributed by atoms with van der Waals surface area (Å²) in [5.41, 5.74) is 1.85. The van der Waals surface area contributed by atoms with E-state index in [2.05, 4.69) is 0 Å². The minimum absolute atomic E-state index is 0.453. The number of fused-ring (bicyclic) bond motifs is 2. The van der Waals surface area contributed by atoms with Crippen molar-refractivity contribution in [2.75, 3.05) is 0 Å². The van der Waals surface area contributed by atoms with Gasteiger partial charge in [0.05, 0.1) is 0 Å². The van der Waals surface area contributed by atoms with Crippen LogP contribution in [0.4, 0.5) is 0 Å². The smallest absolute Gasteiger partial charge is 0.519 e. The predicted octanol–water partition coefficient (Wildman–Crippen LogP) is 2.02. The molecule has 5 rings (SSSR count). The Morgan fingerprint density at radius 2 is 0.833 bits per heavy atom. The van der Waals surface area contributed by atoms with E-state index in [0.29, 0.717) is 0 Å². The highest BCUT2D eigenvalue weighted by Crippen LogP contribution is 2.33. The maximum absolute atomic E-state index is 5.87. The van der Waals surface area contributed by atoms with Crippen molar-refractivity contribution < 1.29 is 18.6 Å². The van der Waals surface area contributed by atoms with E-state index in [1.54, 1.807) is 0 Å². The number of benzene rings is 3. The van der Waals surface area contributed by atoms with E-state index in [1.807, 2.05) is 72.8 Å². The van der Waals surface area contributed by atoms with E-state index in [9.17, 15) is 0 Å². The lowest BCUT2D eigenvalue weighted by Gasteiger charge is -2.09. The molecular formula is C18H12B2O4. The number of rotatable bonds is 2. The molecule has 0 spiro atoms. The van der Waals surface area contributed by atoms with Crippen molar-refractivity contribution in [3.63, 3.8) is 0 Å². The van der Waals surface area contributed by atoms with E-state index in [-0.39, 0.29) is 0 Å². The van der Waals surface area contributed by atoms with E-state index in [0.717, 1.165) is 33.9 Å². The van der Waals surface area contributed by atoms with E-state index < -0.39 is 14.2 Å². The first-order chi connectivity index (χ1) is 11.9. The molecule has 24 heavy (non-hydrogen) atoms. The summed E-state index contributed by atoms with van der Waals surface area (Å²) < 4.78 is 23.5. The van der Waals surface area contributed by atoms with Crippen LogP contribution in [0, 0.1) is 0 Å². The van der Waals surface area contributed by atoms with Crippen LogP contribution in [0.3, 0.4) is 0 Å². The first-order valence-corrected chi connectivity index (χ1v) is 7.81. The van der Waals surface area contributed by atoms with E-state index in [4.69, 9.17) is 18.6 Å². The van der Waals surface area contributed by atoms with Crippen molar-refractivity contribution in [1.82, 2.24) is 0 Å². The summed E-state index contributed by atoms with van der Waals surface area (Å²) in [6, 6.07) is 23.2. The van der Waals surface area contributed by atoms with Crippen LogP contribution in [-0.2, 0) is 0 Å². The third-order valence-corrected chi connectivity index (χ3v) is 4.09. The zero-order valence-electron chi connectivity index (χ0n) is 12.7. The van der Waals surface area contributed by atoms with Gasteiger partial charge in [0.25, 0.3) is 0 Å². The molecule has 0 aliphatic carbocycles. The maximum Gasteiger partial charge on any atom is 0.632 e. The second kappa shape index (κ2) is 5.27. The molecule has 4 nitrogen and oxygen atoms in total. The summed E-state index contributed by atoms with van der Waals surface area (Å²) >= 11 is 0. The highest BCUT2D eigenvalue weighted by Gasteiger charge is 2.37. The van der Waals surface area contributed by atoms with E-state index >= 15 is 0 Å². The molecule has 0 saturated heterocycles. The van der Waals surface area contributed by atoms with Crippen molar-refractivity contribution >= 4 is 25.2 Å². The molecule has 0 fully saturated rings. The molecule has 2 aliphatic heterocycles. The molecule has 0 amide bonds. The summed E-state index contributed by atoms with van der Waals surface area (Å²) in [4.78, 5) is 0. The van der Waals surface area contributed by atoms with Crippen molar-refractivity contribution in [2.24, 2.45) is 0 Å². The van der Waals surface area contributed by atoms with Gasteiger partial charge in [-0.05, 0) is 24.3 Å². The van der Waals surface area contributed by atoms with Crippen molar-refractivity contribution in [3.8, 4) is 23.0 Å². The molecule has 2 heterocycles. The van der Waals surface area contributed by atoms with Crippen LogP contribution < -0.4 is 29.5 Å². The van der Waals surface area contributed by atoms with Gasteiger partial charge in [-0.3, -0.25) is 0 Å². The lowest BCUT2D eigenvalue weighted by molar-refractivity contribution is 0.517. The third-order valence-electron chi connectivity index (χ3n) is 4.09. The minimum atomic E-state index is -0.453. The molecule has 114 valence electrons. The fraction of sp³-hybridized carbons (Fsp3) is 0. The molecular weight excluding hydrogens is 302 g/mol. The van der Waals surface area contributed by atoms with Gasteiger partial charge in [0.2, 0.25) is 0 Å². The van der Waals surface area contributed by atoms with Crippen LogP contribution in [0.1, 0.15) is 0 Å². The van der Waals surface area contributed by atoms with Gasteiger partial charge >= 0.3 is 14.2 Å². The molecule has 3 aromatic carbocycles. The Morgan fingerprint density at radius 1 is 0.458 bits per heavy atom. The van der Waals surface area contributed by atoms with Crippen LogP contribution >= 0.6 is 0 Å². The number of hydrogen-bond donors (Lipinski definition) is 0. The Morgan fingerprint density at radius 3 is 1.21 bits per heavy atom. The first-order valence-electron chi connectivity index (χ1n) is 7.81. The van der Waals surface area contributed by atoms with Gasteiger partial charge in [0.15, 0.2) is 0 Å². The van der Waals surface area contributed by atoms with Gasteiger partial charge in [0.1, 0.15) is 23.0 Å². The van der Waals surface area contributed by atoms with Gasteiger partial charge in [0, 0.05) is 10.9 Å². The topological polar surface area (TPSA) is 36.9 Å². The number of para-hydroxylation sites is 4. The molecule has 0 aromatic heterocycles. The minimum Gasteiger partial charge on any atom is -0.519 e.